The average Bonchev–Trinajstić information content (AvgIpc) is 2.90. The first-order chi connectivity index (χ1) is 17.9. The number of ether oxygens (including phenoxy) is 2. The van der Waals surface area contributed by atoms with Crippen molar-refractivity contribution < 1.29 is 19.1 Å². The van der Waals surface area contributed by atoms with Crippen molar-refractivity contribution >= 4 is 46.4 Å². The molecule has 0 aromatic heterocycles. The fraction of sp³-hybridized carbons (Fsp3) is 0.259. The number of nitrogens with one attached hydrogen (secondary N) is 3. The number of carbonyl (C=O) groups is 2. The normalized spacial score (nSPS) is 13.1. The van der Waals surface area contributed by atoms with Crippen LogP contribution in [0.15, 0.2) is 60.7 Å². The molecule has 0 spiro atoms. The highest BCUT2D eigenvalue weighted by molar-refractivity contribution is 6.31. The van der Waals surface area contributed by atoms with E-state index >= 15 is 0 Å². The zero-order valence-electron chi connectivity index (χ0n) is 21.0. The Balaban J connectivity index is 1.28. The standard InChI is InChI=1S/C27H30ClN5O4/c1-18-16-22(36-2)9-10-23(18)31-27(35)33-14-12-32(13-15-33)21-7-5-20(6-8-21)29-26(34)30-24-17-19(28)4-11-25(24)37-3/h4-11,16-17H,12-15H2,1-3H3,(H,31,35)(H2,29,30,34). The number of hydrogen-bond acceptors (Lipinski definition) is 5. The third kappa shape index (κ3) is 6.56. The number of nitrogens with zero attached hydrogens (tertiary/aromatic N) is 2. The Morgan fingerprint density at radius 2 is 1.54 bits per heavy atom. The van der Waals surface area contributed by atoms with Crippen molar-refractivity contribution in [3.8, 4) is 11.5 Å². The van der Waals surface area contributed by atoms with Crippen LogP contribution in [0.2, 0.25) is 5.02 Å². The smallest absolute Gasteiger partial charge is 0.323 e. The highest BCUT2D eigenvalue weighted by atomic mass is 35.5. The zero-order chi connectivity index (χ0) is 26.4. The summed E-state index contributed by atoms with van der Waals surface area (Å²) in [5.74, 6) is 1.27. The number of halogens is 1. The van der Waals surface area contributed by atoms with Gasteiger partial charge in [0.25, 0.3) is 0 Å². The van der Waals surface area contributed by atoms with E-state index < -0.39 is 6.03 Å². The van der Waals surface area contributed by atoms with E-state index in [4.69, 9.17) is 21.1 Å². The van der Waals surface area contributed by atoms with E-state index in [0.29, 0.717) is 48.3 Å². The first-order valence-electron chi connectivity index (χ1n) is 11.8. The first-order valence-corrected chi connectivity index (χ1v) is 12.2. The second-order valence-corrected chi connectivity index (χ2v) is 8.99. The minimum atomic E-state index is -0.403. The first kappa shape index (κ1) is 26.0. The monoisotopic (exact) mass is 523 g/mol. The minimum Gasteiger partial charge on any atom is -0.497 e. The molecule has 0 saturated carbocycles. The number of methoxy groups -OCH3 is 2. The number of anilines is 4. The number of urea groups is 2. The predicted octanol–water partition coefficient (Wildman–Crippen LogP) is 5.66. The molecule has 194 valence electrons. The van der Waals surface area contributed by atoms with Crippen LogP contribution in [0.25, 0.3) is 0 Å². The topological polar surface area (TPSA) is 95.2 Å². The summed E-state index contributed by atoms with van der Waals surface area (Å²) in [7, 11) is 3.15. The maximum absolute atomic E-state index is 12.8. The Bertz CT molecular complexity index is 1260. The van der Waals surface area contributed by atoms with Gasteiger partial charge in [-0.25, -0.2) is 9.59 Å². The number of amides is 4. The van der Waals surface area contributed by atoms with Crippen LogP contribution in [0.5, 0.6) is 11.5 Å². The third-order valence-electron chi connectivity index (χ3n) is 6.14. The van der Waals surface area contributed by atoms with Crippen LogP contribution in [0.3, 0.4) is 0 Å². The fourth-order valence-corrected chi connectivity index (χ4v) is 4.26. The summed E-state index contributed by atoms with van der Waals surface area (Å²) in [6.07, 6.45) is 0. The molecular weight excluding hydrogens is 494 g/mol. The number of hydrogen-bond donors (Lipinski definition) is 3. The van der Waals surface area contributed by atoms with E-state index in [1.54, 1.807) is 25.3 Å². The van der Waals surface area contributed by atoms with Crippen molar-refractivity contribution in [3.63, 3.8) is 0 Å². The lowest BCUT2D eigenvalue weighted by Gasteiger charge is -2.36. The number of rotatable bonds is 6. The Morgan fingerprint density at radius 3 is 2.19 bits per heavy atom. The Labute approximate surface area is 221 Å². The summed E-state index contributed by atoms with van der Waals surface area (Å²) in [5.41, 5.74) is 3.87. The molecule has 1 fully saturated rings. The second kappa shape index (κ2) is 11.7. The zero-order valence-corrected chi connectivity index (χ0v) is 21.8. The highest BCUT2D eigenvalue weighted by Crippen LogP contribution is 2.28. The van der Waals surface area contributed by atoms with E-state index in [1.165, 1.54) is 7.11 Å². The van der Waals surface area contributed by atoms with Gasteiger partial charge in [0.2, 0.25) is 0 Å². The molecule has 4 rings (SSSR count). The molecule has 37 heavy (non-hydrogen) atoms. The molecule has 3 aromatic carbocycles. The SMILES string of the molecule is COc1ccc(NC(=O)N2CCN(c3ccc(NC(=O)Nc4cc(Cl)ccc4OC)cc3)CC2)c(C)c1. The lowest BCUT2D eigenvalue weighted by Crippen LogP contribution is -2.50. The van der Waals surface area contributed by atoms with E-state index in [1.807, 2.05) is 54.3 Å². The van der Waals surface area contributed by atoms with Crippen molar-refractivity contribution in [2.24, 2.45) is 0 Å². The van der Waals surface area contributed by atoms with Gasteiger partial charge in [0.15, 0.2) is 0 Å². The summed E-state index contributed by atoms with van der Waals surface area (Å²) in [4.78, 5) is 29.2. The third-order valence-corrected chi connectivity index (χ3v) is 6.38. The molecule has 0 aliphatic carbocycles. The summed E-state index contributed by atoms with van der Waals surface area (Å²) >= 11 is 6.03. The lowest BCUT2D eigenvalue weighted by molar-refractivity contribution is 0.208. The van der Waals surface area contributed by atoms with E-state index in [-0.39, 0.29) is 6.03 Å². The minimum absolute atomic E-state index is 0.116. The summed E-state index contributed by atoms with van der Waals surface area (Å²) in [6.45, 7) is 4.55. The van der Waals surface area contributed by atoms with Crippen molar-refractivity contribution in [1.29, 1.82) is 0 Å². The Morgan fingerprint density at radius 1 is 0.811 bits per heavy atom. The Hall–Kier alpha value is -4.11. The molecular formula is C27H30ClN5O4. The van der Waals surface area contributed by atoms with Crippen LogP contribution in [0.4, 0.5) is 32.3 Å². The van der Waals surface area contributed by atoms with Gasteiger partial charge >= 0.3 is 12.1 Å². The molecule has 3 N–H and O–H groups in total. The summed E-state index contributed by atoms with van der Waals surface area (Å²) in [5, 5.41) is 9.05. The largest absolute Gasteiger partial charge is 0.497 e. The molecule has 3 aromatic rings. The quantitative estimate of drug-likeness (QED) is 0.387. The summed E-state index contributed by atoms with van der Waals surface area (Å²) in [6, 6.07) is 17.6. The van der Waals surface area contributed by atoms with Gasteiger partial charge in [0.05, 0.1) is 19.9 Å². The number of carbonyl (C=O) groups excluding carboxylic acids is 2. The highest BCUT2D eigenvalue weighted by Gasteiger charge is 2.22. The molecule has 10 heteroatoms. The van der Waals surface area contributed by atoms with Gasteiger partial charge in [-0.3, -0.25) is 0 Å². The van der Waals surface area contributed by atoms with Crippen LogP contribution in [-0.4, -0.2) is 57.4 Å². The van der Waals surface area contributed by atoms with Crippen LogP contribution in [0.1, 0.15) is 5.56 Å². The molecule has 1 aliphatic heterocycles. The number of piperazine rings is 1. The van der Waals surface area contributed by atoms with Crippen molar-refractivity contribution in [3.05, 3.63) is 71.2 Å². The van der Waals surface area contributed by atoms with Gasteiger partial charge < -0.3 is 35.2 Å². The maximum atomic E-state index is 12.8. The summed E-state index contributed by atoms with van der Waals surface area (Å²) < 4.78 is 10.5. The van der Waals surface area contributed by atoms with Crippen molar-refractivity contribution in [1.82, 2.24) is 4.90 Å². The van der Waals surface area contributed by atoms with E-state index in [2.05, 4.69) is 20.9 Å². The van der Waals surface area contributed by atoms with Crippen molar-refractivity contribution in [2.75, 3.05) is 61.2 Å². The molecule has 9 nitrogen and oxygen atoms in total. The Kier molecular flexibility index (Phi) is 8.25. The van der Waals surface area contributed by atoms with E-state index in [0.717, 1.165) is 22.7 Å². The van der Waals surface area contributed by atoms with Gasteiger partial charge in [-0.2, -0.15) is 0 Å². The molecule has 0 atom stereocenters. The van der Waals surface area contributed by atoms with Gasteiger partial charge in [-0.15, -0.1) is 0 Å². The van der Waals surface area contributed by atoms with Gasteiger partial charge in [-0.1, -0.05) is 11.6 Å². The average molecular weight is 524 g/mol. The van der Waals surface area contributed by atoms with Gasteiger partial charge in [0.1, 0.15) is 11.5 Å². The van der Waals surface area contributed by atoms with Crippen LogP contribution in [-0.2, 0) is 0 Å². The van der Waals surface area contributed by atoms with Crippen LogP contribution < -0.4 is 30.3 Å². The molecule has 1 heterocycles. The second-order valence-electron chi connectivity index (χ2n) is 8.56. The molecule has 0 radical (unpaired) electrons. The van der Waals surface area contributed by atoms with Crippen LogP contribution >= 0.6 is 11.6 Å². The lowest BCUT2D eigenvalue weighted by atomic mass is 10.2. The van der Waals surface area contributed by atoms with E-state index in [9.17, 15) is 9.59 Å². The molecule has 0 bridgehead atoms. The fourth-order valence-electron chi connectivity index (χ4n) is 4.08. The predicted molar refractivity (Wildman–Crippen MR) is 148 cm³/mol. The maximum Gasteiger partial charge on any atom is 0.323 e. The molecule has 1 saturated heterocycles. The van der Waals surface area contributed by atoms with Crippen LogP contribution in [0, 0.1) is 6.92 Å². The number of benzene rings is 3. The molecule has 0 unspecified atom stereocenters. The van der Waals surface area contributed by atoms with Gasteiger partial charge in [-0.05, 0) is 73.2 Å². The number of aryl methyl sites for hydroxylation is 1. The van der Waals surface area contributed by atoms with Gasteiger partial charge in [0, 0.05) is 48.3 Å². The molecule has 1 aliphatic rings. The van der Waals surface area contributed by atoms with Crippen molar-refractivity contribution in [2.45, 2.75) is 6.92 Å². The molecule has 4 amide bonds.